The van der Waals surface area contributed by atoms with Gasteiger partial charge in [-0.15, -0.1) is 0 Å². The molecule has 0 aliphatic heterocycles. The molecule has 1 amide bonds. The first-order valence-electron chi connectivity index (χ1n) is 7.89. The van der Waals surface area contributed by atoms with Crippen molar-refractivity contribution in [2.45, 2.75) is 26.1 Å². The standard InChI is InChI=1S/C18H23NO4S/c1-13(2)23-16-5-3-14(4-6-16)18(21)19-11-17(22-9-8-20)15-7-10-24-12-15/h3-7,10,12-13,17,20H,8-9,11H2,1-2H3,(H,19,21). The Balaban J connectivity index is 1.92. The third-order valence-electron chi connectivity index (χ3n) is 3.26. The number of nitrogens with one attached hydrogen (secondary N) is 1. The Morgan fingerprint density at radius 3 is 2.58 bits per heavy atom. The highest BCUT2D eigenvalue weighted by Crippen LogP contribution is 2.20. The Labute approximate surface area is 146 Å². The zero-order valence-corrected chi connectivity index (χ0v) is 14.7. The molecule has 0 saturated heterocycles. The normalized spacial score (nSPS) is 12.2. The first-order chi connectivity index (χ1) is 11.6. The van der Waals surface area contributed by atoms with Crippen LogP contribution in [0.5, 0.6) is 5.75 Å². The van der Waals surface area contributed by atoms with Crippen LogP contribution in [0.2, 0.25) is 0 Å². The van der Waals surface area contributed by atoms with E-state index in [9.17, 15) is 4.79 Å². The lowest BCUT2D eigenvalue weighted by molar-refractivity contribution is 0.0279. The van der Waals surface area contributed by atoms with Crippen molar-refractivity contribution in [1.82, 2.24) is 5.32 Å². The van der Waals surface area contributed by atoms with E-state index in [4.69, 9.17) is 14.6 Å². The number of aliphatic hydroxyl groups is 1. The second-order valence-electron chi connectivity index (χ2n) is 5.54. The van der Waals surface area contributed by atoms with E-state index in [1.165, 1.54) is 0 Å². The van der Waals surface area contributed by atoms with Crippen LogP contribution in [-0.2, 0) is 4.74 Å². The van der Waals surface area contributed by atoms with Crippen molar-refractivity contribution < 1.29 is 19.4 Å². The summed E-state index contributed by atoms with van der Waals surface area (Å²) in [5, 5.41) is 15.7. The van der Waals surface area contributed by atoms with Gasteiger partial charge in [0.2, 0.25) is 0 Å². The fraction of sp³-hybridized carbons (Fsp3) is 0.389. The number of benzene rings is 1. The number of hydrogen-bond donors (Lipinski definition) is 2. The quantitative estimate of drug-likeness (QED) is 0.730. The topological polar surface area (TPSA) is 67.8 Å². The van der Waals surface area contributed by atoms with Crippen LogP contribution in [0, 0.1) is 0 Å². The lowest BCUT2D eigenvalue weighted by atomic mass is 10.1. The molecule has 1 heterocycles. The van der Waals surface area contributed by atoms with Crippen molar-refractivity contribution in [2.75, 3.05) is 19.8 Å². The molecule has 6 heteroatoms. The van der Waals surface area contributed by atoms with Crippen molar-refractivity contribution in [3.63, 3.8) is 0 Å². The van der Waals surface area contributed by atoms with Crippen molar-refractivity contribution in [2.24, 2.45) is 0 Å². The monoisotopic (exact) mass is 349 g/mol. The number of carbonyl (C=O) groups is 1. The number of aliphatic hydroxyl groups excluding tert-OH is 1. The van der Waals surface area contributed by atoms with Gasteiger partial charge in [0, 0.05) is 12.1 Å². The smallest absolute Gasteiger partial charge is 0.251 e. The summed E-state index contributed by atoms with van der Waals surface area (Å²) < 4.78 is 11.2. The first kappa shape index (κ1) is 18.4. The third kappa shape index (κ3) is 5.63. The maximum atomic E-state index is 12.3. The van der Waals surface area contributed by atoms with E-state index in [2.05, 4.69) is 5.32 Å². The zero-order chi connectivity index (χ0) is 17.4. The molecule has 2 N–H and O–H groups in total. The van der Waals surface area contributed by atoms with E-state index in [0.717, 1.165) is 11.3 Å². The molecule has 0 aliphatic carbocycles. The lowest BCUT2D eigenvalue weighted by Gasteiger charge is -2.17. The van der Waals surface area contributed by atoms with Gasteiger partial charge < -0.3 is 19.9 Å². The molecule has 0 aliphatic rings. The van der Waals surface area contributed by atoms with Crippen molar-refractivity contribution >= 4 is 17.2 Å². The molecule has 1 unspecified atom stereocenters. The van der Waals surface area contributed by atoms with Crippen LogP contribution < -0.4 is 10.1 Å². The van der Waals surface area contributed by atoms with Crippen LogP contribution >= 0.6 is 11.3 Å². The molecule has 0 fully saturated rings. The number of amides is 1. The molecular formula is C18H23NO4S. The molecule has 0 saturated carbocycles. The Morgan fingerprint density at radius 2 is 2.00 bits per heavy atom. The Kier molecular flexibility index (Phi) is 7.24. The van der Waals surface area contributed by atoms with Crippen molar-refractivity contribution in [3.05, 3.63) is 52.2 Å². The fourth-order valence-corrected chi connectivity index (χ4v) is 2.87. The first-order valence-corrected chi connectivity index (χ1v) is 8.84. The van der Waals surface area contributed by atoms with Gasteiger partial charge >= 0.3 is 0 Å². The predicted molar refractivity (Wildman–Crippen MR) is 94.6 cm³/mol. The molecule has 0 spiro atoms. The zero-order valence-electron chi connectivity index (χ0n) is 13.9. The van der Waals surface area contributed by atoms with Crippen molar-refractivity contribution in [1.29, 1.82) is 0 Å². The van der Waals surface area contributed by atoms with Gasteiger partial charge in [-0.3, -0.25) is 4.79 Å². The molecular weight excluding hydrogens is 326 g/mol. The summed E-state index contributed by atoms with van der Waals surface area (Å²) in [6, 6.07) is 9.00. The SMILES string of the molecule is CC(C)Oc1ccc(C(=O)NCC(OCCO)c2ccsc2)cc1. The Morgan fingerprint density at radius 1 is 1.25 bits per heavy atom. The highest BCUT2D eigenvalue weighted by Gasteiger charge is 2.15. The molecule has 2 aromatic rings. The van der Waals surface area contributed by atoms with Crippen LogP contribution in [-0.4, -0.2) is 36.9 Å². The van der Waals surface area contributed by atoms with Gasteiger partial charge in [-0.2, -0.15) is 11.3 Å². The summed E-state index contributed by atoms with van der Waals surface area (Å²) >= 11 is 1.57. The fourth-order valence-electron chi connectivity index (χ4n) is 2.17. The van der Waals surface area contributed by atoms with Gasteiger partial charge in [0.15, 0.2) is 0 Å². The second-order valence-corrected chi connectivity index (χ2v) is 6.32. The number of thiophene rings is 1. The average molecular weight is 349 g/mol. The number of rotatable bonds is 9. The van der Waals surface area contributed by atoms with Crippen LogP contribution in [0.3, 0.4) is 0 Å². The van der Waals surface area contributed by atoms with Crippen molar-refractivity contribution in [3.8, 4) is 5.75 Å². The molecule has 2 rings (SSSR count). The molecule has 1 atom stereocenters. The summed E-state index contributed by atoms with van der Waals surface area (Å²) in [5.74, 6) is 0.572. The lowest BCUT2D eigenvalue weighted by Crippen LogP contribution is -2.29. The third-order valence-corrected chi connectivity index (χ3v) is 3.96. The average Bonchev–Trinajstić information content (AvgIpc) is 3.09. The Hall–Kier alpha value is -1.89. The highest BCUT2D eigenvalue weighted by atomic mass is 32.1. The predicted octanol–water partition coefficient (Wildman–Crippen LogP) is 3.02. The number of carbonyl (C=O) groups excluding carboxylic acids is 1. The number of ether oxygens (including phenoxy) is 2. The molecule has 24 heavy (non-hydrogen) atoms. The molecule has 1 aromatic heterocycles. The molecule has 5 nitrogen and oxygen atoms in total. The molecule has 0 radical (unpaired) electrons. The minimum Gasteiger partial charge on any atom is -0.491 e. The summed E-state index contributed by atoms with van der Waals surface area (Å²) in [5.41, 5.74) is 1.56. The largest absolute Gasteiger partial charge is 0.491 e. The maximum Gasteiger partial charge on any atom is 0.251 e. The molecule has 0 bridgehead atoms. The van der Waals surface area contributed by atoms with Gasteiger partial charge in [-0.25, -0.2) is 0 Å². The van der Waals surface area contributed by atoms with E-state index in [0.29, 0.717) is 12.1 Å². The second kappa shape index (κ2) is 9.42. The van der Waals surface area contributed by atoms with Gasteiger partial charge in [-0.05, 0) is 60.5 Å². The van der Waals surface area contributed by atoms with E-state index in [1.54, 1.807) is 35.6 Å². The van der Waals surface area contributed by atoms with Gasteiger partial charge in [0.25, 0.3) is 5.91 Å². The maximum absolute atomic E-state index is 12.3. The van der Waals surface area contributed by atoms with Gasteiger partial charge in [-0.1, -0.05) is 0 Å². The van der Waals surface area contributed by atoms with E-state index >= 15 is 0 Å². The Bertz CT molecular complexity index is 610. The summed E-state index contributed by atoms with van der Waals surface area (Å²) in [6.45, 7) is 4.44. The minimum absolute atomic E-state index is 0.0497. The van der Waals surface area contributed by atoms with E-state index < -0.39 is 0 Å². The van der Waals surface area contributed by atoms with E-state index in [1.807, 2.05) is 30.7 Å². The summed E-state index contributed by atoms with van der Waals surface area (Å²) in [6.07, 6.45) is -0.171. The van der Waals surface area contributed by atoms with Crippen LogP contribution in [0.15, 0.2) is 41.1 Å². The van der Waals surface area contributed by atoms with Gasteiger partial charge in [0.1, 0.15) is 11.9 Å². The summed E-state index contributed by atoms with van der Waals surface area (Å²) in [7, 11) is 0. The number of hydrogen-bond acceptors (Lipinski definition) is 5. The summed E-state index contributed by atoms with van der Waals surface area (Å²) in [4.78, 5) is 12.3. The van der Waals surface area contributed by atoms with E-state index in [-0.39, 0.29) is 31.3 Å². The minimum atomic E-state index is -0.268. The van der Waals surface area contributed by atoms with Gasteiger partial charge in [0.05, 0.1) is 19.3 Å². The molecule has 1 aromatic carbocycles. The van der Waals surface area contributed by atoms with Crippen LogP contribution in [0.4, 0.5) is 0 Å². The van der Waals surface area contributed by atoms with Crippen LogP contribution in [0.1, 0.15) is 35.9 Å². The highest BCUT2D eigenvalue weighted by molar-refractivity contribution is 7.07. The molecule has 130 valence electrons. The van der Waals surface area contributed by atoms with Crippen LogP contribution in [0.25, 0.3) is 0 Å².